The van der Waals surface area contributed by atoms with Crippen LogP contribution in [0, 0.1) is 0 Å². The summed E-state index contributed by atoms with van der Waals surface area (Å²) in [7, 11) is 0. The number of unbranched alkanes of at least 4 members (excludes halogenated alkanes) is 1. The largest absolute Gasteiger partial charge is 0.0768 e. The molecule has 8 heavy (non-hydrogen) atoms. The fourth-order valence-corrected chi connectivity index (χ4v) is 2.92. The molecular formula is C4H9Br2PS. The van der Waals surface area contributed by atoms with Gasteiger partial charge in [-0.3, -0.25) is 0 Å². The zero-order valence-electron chi connectivity index (χ0n) is 4.73. The van der Waals surface area contributed by atoms with Gasteiger partial charge in [-0.1, -0.05) is 25.2 Å². The summed E-state index contributed by atoms with van der Waals surface area (Å²) in [5.41, 5.74) is 0. The third-order valence-corrected chi connectivity index (χ3v) is 4.28. The average Bonchev–Trinajstić information content (AvgIpc) is 1.59. The summed E-state index contributed by atoms with van der Waals surface area (Å²) in [5, 5.41) is 0. The average molecular weight is 280 g/mol. The molecule has 50 valence electrons. The fraction of sp³-hybridized carbons (Fsp3) is 1.00. The van der Waals surface area contributed by atoms with Crippen LogP contribution < -0.4 is 0 Å². The van der Waals surface area contributed by atoms with E-state index < -0.39 is 3.44 Å². The quantitative estimate of drug-likeness (QED) is 0.707. The van der Waals surface area contributed by atoms with E-state index in [1.54, 1.807) is 0 Å². The van der Waals surface area contributed by atoms with E-state index in [2.05, 4.69) is 37.9 Å². The molecule has 0 unspecified atom stereocenters. The highest BCUT2D eigenvalue weighted by atomic mass is 79.9. The summed E-state index contributed by atoms with van der Waals surface area (Å²) in [6.45, 7) is 2.17. The normalized spacial score (nSPS) is 11.9. The van der Waals surface area contributed by atoms with E-state index in [1.807, 2.05) is 0 Å². The first-order valence-corrected chi connectivity index (χ1v) is 9.57. The topological polar surface area (TPSA) is 0 Å². The highest BCUT2D eigenvalue weighted by molar-refractivity contribution is 9.74. The van der Waals surface area contributed by atoms with E-state index in [0.717, 1.165) is 6.16 Å². The van der Waals surface area contributed by atoms with Crippen molar-refractivity contribution in [3.63, 3.8) is 0 Å². The van der Waals surface area contributed by atoms with Crippen LogP contribution in [0.1, 0.15) is 19.8 Å². The van der Waals surface area contributed by atoms with Crippen LogP contribution in [0.2, 0.25) is 0 Å². The van der Waals surface area contributed by atoms with Crippen molar-refractivity contribution in [2.45, 2.75) is 19.8 Å². The van der Waals surface area contributed by atoms with Gasteiger partial charge < -0.3 is 0 Å². The molecule has 0 aromatic heterocycles. The van der Waals surface area contributed by atoms with Crippen molar-refractivity contribution < 1.29 is 0 Å². The Morgan fingerprint density at radius 3 is 2.12 bits per heavy atom. The summed E-state index contributed by atoms with van der Waals surface area (Å²) >= 11 is 11.9. The van der Waals surface area contributed by atoms with Gasteiger partial charge in [-0.05, 0) is 43.6 Å². The van der Waals surface area contributed by atoms with E-state index in [9.17, 15) is 0 Å². The molecule has 0 aliphatic rings. The molecule has 0 aromatic carbocycles. The maximum Gasteiger partial charge on any atom is 0.0768 e. The molecule has 0 spiro atoms. The lowest BCUT2D eigenvalue weighted by molar-refractivity contribution is 0.896. The van der Waals surface area contributed by atoms with E-state index in [1.165, 1.54) is 12.8 Å². The highest BCUT2D eigenvalue weighted by Gasteiger charge is 2.03. The van der Waals surface area contributed by atoms with Crippen molar-refractivity contribution in [3.8, 4) is 0 Å². The Balaban J connectivity index is 3.26. The Morgan fingerprint density at radius 1 is 1.50 bits per heavy atom. The van der Waals surface area contributed by atoms with Crippen LogP contribution in [0.25, 0.3) is 0 Å². The molecule has 0 rings (SSSR count). The Labute approximate surface area is 71.9 Å². The molecule has 0 aliphatic carbocycles. The monoisotopic (exact) mass is 278 g/mol. The first-order valence-electron chi connectivity index (χ1n) is 2.54. The van der Waals surface area contributed by atoms with Crippen LogP contribution in [-0.4, -0.2) is 6.16 Å². The molecule has 0 aromatic rings. The highest BCUT2D eigenvalue weighted by Crippen LogP contribution is 2.62. The Kier molecular flexibility index (Phi) is 5.32. The third kappa shape index (κ3) is 7.61. The van der Waals surface area contributed by atoms with Gasteiger partial charge in [-0.25, -0.2) is 0 Å². The van der Waals surface area contributed by atoms with Gasteiger partial charge in [0.2, 0.25) is 0 Å². The molecule has 0 atom stereocenters. The van der Waals surface area contributed by atoms with Crippen LogP contribution in [0.5, 0.6) is 0 Å². The first kappa shape index (κ1) is 9.61. The Hall–Kier alpha value is 1.61. The van der Waals surface area contributed by atoms with Crippen LogP contribution in [0.15, 0.2) is 0 Å². The second kappa shape index (κ2) is 4.43. The lowest BCUT2D eigenvalue weighted by Crippen LogP contribution is -1.73. The van der Waals surface area contributed by atoms with Gasteiger partial charge in [0.15, 0.2) is 0 Å². The fourth-order valence-electron chi connectivity index (χ4n) is 0.342. The molecule has 0 nitrogen and oxygen atoms in total. The smallest absolute Gasteiger partial charge is 0.0732 e. The van der Waals surface area contributed by atoms with Crippen LogP contribution in [0.4, 0.5) is 0 Å². The maximum absolute atomic E-state index is 5.09. The zero-order valence-corrected chi connectivity index (χ0v) is 9.62. The number of rotatable bonds is 3. The van der Waals surface area contributed by atoms with Crippen LogP contribution >= 0.6 is 34.4 Å². The van der Waals surface area contributed by atoms with Gasteiger partial charge >= 0.3 is 0 Å². The van der Waals surface area contributed by atoms with Crippen molar-refractivity contribution >= 4 is 46.2 Å². The lowest BCUT2D eigenvalue weighted by atomic mass is 10.4. The zero-order chi connectivity index (χ0) is 6.62. The summed E-state index contributed by atoms with van der Waals surface area (Å²) in [6, 6.07) is 0. The predicted molar refractivity (Wildman–Crippen MR) is 51.9 cm³/mol. The number of hydrogen-bond donors (Lipinski definition) is 0. The Bertz CT molecular complexity index is 98.2. The minimum atomic E-state index is -1.22. The summed E-state index contributed by atoms with van der Waals surface area (Å²) in [6.07, 6.45) is 3.59. The van der Waals surface area contributed by atoms with E-state index in [-0.39, 0.29) is 0 Å². The molecule has 0 amide bonds. The lowest BCUT2D eigenvalue weighted by Gasteiger charge is -2.01. The van der Waals surface area contributed by atoms with Crippen molar-refractivity contribution in [2.75, 3.05) is 6.16 Å². The second-order valence-corrected chi connectivity index (χ2v) is 18.0. The molecule has 0 saturated heterocycles. The van der Waals surface area contributed by atoms with Gasteiger partial charge in [-0.15, -0.1) is 0 Å². The summed E-state index contributed by atoms with van der Waals surface area (Å²) in [5.74, 6) is 0. The molecular weight excluding hydrogens is 271 g/mol. The van der Waals surface area contributed by atoms with E-state index in [0.29, 0.717) is 0 Å². The molecule has 4 heteroatoms. The second-order valence-electron chi connectivity index (χ2n) is 1.65. The standard InChI is InChI=1S/C4H9Br2PS/c1-2-3-4-7(5,6)8/h2-4H2,1H3. The van der Waals surface area contributed by atoms with Crippen molar-refractivity contribution in [2.24, 2.45) is 0 Å². The van der Waals surface area contributed by atoms with Gasteiger partial charge in [0.1, 0.15) is 0 Å². The first-order chi connectivity index (χ1) is 3.56. The van der Waals surface area contributed by atoms with Crippen molar-refractivity contribution in [1.29, 1.82) is 0 Å². The van der Waals surface area contributed by atoms with Crippen LogP contribution in [0.3, 0.4) is 0 Å². The number of hydrogen-bond acceptors (Lipinski definition) is 1. The molecule has 0 N–H and O–H groups in total. The molecule has 0 aliphatic heterocycles. The number of halogens is 2. The van der Waals surface area contributed by atoms with Crippen molar-refractivity contribution in [1.82, 2.24) is 0 Å². The summed E-state index contributed by atoms with van der Waals surface area (Å²) in [4.78, 5) is 0. The third-order valence-electron chi connectivity index (χ3n) is 0.772. The molecule has 0 radical (unpaired) electrons. The minimum Gasteiger partial charge on any atom is -0.0732 e. The van der Waals surface area contributed by atoms with Gasteiger partial charge in [0, 0.05) is 0 Å². The Morgan fingerprint density at radius 2 is 2.00 bits per heavy atom. The van der Waals surface area contributed by atoms with E-state index >= 15 is 0 Å². The van der Waals surface area contributed by atoms with Gasteiger partial charge in [0.25, 0.3) is 0 Å². The van der Waals surface area contributed by atoms with Crippen molar-refractivity contribution in [3.05, 3.63) is 0 Å². The maximum atomic E-state index is 5.09. The van der Waals surface area contributed by atoms with Crippen LogP contribution in [-0.2, 0) is 11.8 Å². The van der Waals surface area contributed by atoms with E-state index in [4.69, 9.17) is 11.8 Å². The predicted octanol–water partition coefficient (Wildman–Crippen LogP) is 3.89. The molecule has 0 fully saturated rings. The van der Waals surface area contributed by atoms with Gasteiger partial charge in [-0.2, -0.15) is 0 Å². The SMILES string of the molecule is CCCCP(=S)(Br)Br. The minimum absolute atomic E-state index is 1.12. The molecule has 0 heterocycles. The molecule has 0 saturated carbocycles. The molecule has 0 bridgehead atoms. The summed E-state index contributed by atoms with van der Waals surface area (Å²) < 4.78 is -1.22. The van der Waals surface area contributed by atoms with Gasteiger partial charge in [0.05, 0.1) is 3.44 Å².